The predicted octanol–water partition coefficient (Wildman–Crippen LogP) is 4.43. The van der Waals surface area contributed by atoms with Crippen LogP contribution >= 0.6 is 0 Å². The molecule has 0 amide bonds. The molecular weight excluding hydrogens is 260 g/mol. The maximum Gasteiger partial charge on any atom is 0.335 e. The monoisotopic (exact) mass is 282 g/mol. The minimum atomic E-state index is -0.847. The van der Waals surface area contributed by atoms with Gasteiger partial charge in [-0.2, -0.15) is 0 Å². The summed E-state index contributed by atoms with van der Waals surface area (Å²) in [6, 6.07) is 14.1. The second-order valence-electron chi connectivity index (χ2n) is 5.41. The largest absolute Gasteiger partial charge is 0.478 e. The lowest BCUT2D eigenvalue weighted by atomic mass is 9.94. The van der Waals surface area contributed by atoms with Crippen molar-refractivity contribution in [2.75, 3.05) is 0 Å². The third kappa shape index (κ3) is 3.72. The molecule has 0 aliphatic rings. The molecule has 0 saturated heterocycles. The van der Waals surface area contributed by atoms with Crippen LogP contribution in [-0.4, -0.2) is 11.1 Å². The summed E-state index contributed by atoms with van der Waals surface area (Å²) in [4.78, 5) is 11.2. The van der Waals surface area contributed by atoms with Crippen molar-refractivity contribution in [2.45, 2.75) is 39.5 Å². The number of aryl methyl sites for hydroxylation is 3. The van der Waals surface area contributed by atoms with Gasteiger partial charge in [-0.15, -0.1) is 0 Å². The van der Waals surface area contributed by atoms with Gasteiger partial charge in [0.1, 0.15) is 0 Å². The number of carboxylic acid groups (broad SMARTS) is 1. The molecule has 21 heavy (non-hydrogen) atoms. The summed E-state index contributed by atoms with van der Waals surface area (Å²) in [6.07, 6.45) is 4.09. The highest BCUT2D eigenvalue weighted by molar-refractivity contribution is 5.89. The lowest BCUT2D eigenvalue weighted by molar-refractivity contribution is 0.0696. The average Bonchev–Trinajstić information content (AvgIpc) is 2.47. The zero-order valence-corrected chi connectivity index (χ0v) is 12.7. The van der Waals surface area contributed by atoms with Crippen LogP contribution in [0, 0.1) is 6.92 Å². The third-order valence-corrected chi connectivity index (χ3v) is 3.98. The van der Waals surface area contributed by atoms with E-state index in [4.69, 9.17) is 0 Å². The standard InChI is InChI=1S/C19H22O2/c1-3-7-16-8-4-5-9-17(16)13-12-15-10-6-11-18(14(15)2)19(20)21/h4-6,8-11H,3,7,12-13H2,1-2H3,(H,20,21). The first-order valence-electron chi connectivity index (χ1n) is 7.52. The lowest BCUT2D eigenvalue weighted by Gasteiger charge is -2.11. The Kier molecular flexibility index (Phi) is 5.15. The lowest BCUT2D eigenvalue weighted by Crippen LogP contribution is -2.04. The van der Waals surface area contributed by atoms with Crippen molar-refractivity contribution < 1.29 is 9.90 Å². The van der Waals surface area contributed by atoms with Gasteiger partial charge in [0.25, 0.3) is 0 Å². The van der Waals surface area contributed by atoms with Crippen LogP contribution in [0.5, 0.6) is 0 Å². The van der Waals surface area contributed by atoms with E-state index in [9.17, 15) is 9.90 Å². The summed E-state index contributed by atoms with van der Waals surface area (Å²) >= 11 is 0. The molecular formula is C19H22O2. The average molecular weight is 282 g/mol. The van der Waals surface area contributed by atoms with Gasteiger partial charge in [-0.1, -0.05) is 49.7 Å². The molecule has 110 valence electrons. The summed E-state index contributed by atoms with van der Waals surface area (Å²) in [6.45, 7) is 4.09. The summed E-state index contributed by atoms with van der Waals surface area (Å²) in [5, 5.41) is 9.19. The summed E-state index contributed by atoms with van der Waals surface area (Å²) in [5.74, 6) is -0.847. The maximum atomic E-state index is 11.2. The molecule has 0 saturated carbocycles. The number of rotatable bonds is 6. The Bertz CT molecular complexity index is 629. The molecule has 2 aromatic carbocycles. The molecule has 0 aliphatic carbocycles. The number of hydrogen-bond donors (Lipinski definition) is 1. The molecule has 0 radical (unpaired) electrons. The molecule has 1 N–H and O–H groups in total. The van der Waals surface area contributed by atoms with Crippen LogP contribution in [0.1, 0.15) is 46.0 Å². The Morgan fingerprint density at radius 1 is 0.905 bits per heavy atom. The normalized spacial score (nSPS) is 10.6. The van der Waals surface area contributed by atoms with E-state index in [-0.39, 0.29) is 0 Å². The number of carbonyl (C=O) groups is 1. The minimum absolute atomic E-state index is 0.411. The van der Waals surface area contributed by atoms with Crippen molar-refractivity contribution in [2.24, 2.45) is 0 Å². The molecule has 0 aromatic heterocycles. The highest BCUT2D eigenvalue weighted by Gasteiger charge is 2.10. The maximum absolute atomic E-state index is 11.2. The van der Waals surface area contributed by atoms with E-state index >= 15 is 0 Å². The fourth-order valence-electron chi connectivity index (χ4n) is 2.77. The molecule has 0 fully saturated rings. The van der Waals surface area contributed by atoms with Crippen molar-refractivity contribution in [3.63, 3.8) is 0 Å². The first kappa shape index (κ1) is 15.3. The van der Waals surface area contributed by atoms with Gasteiger partial charge in [-0.3, -0.25) is 0 Å². The zero-order chi connectivity index (χ0) is 15.2. The number of aromatic carboxylic acids is 1. The molecule has 2 rings (SSSR count). The molecule has 0 unspecified atom stereocenters. The van der Waals surface area contributed by atoms with Gasteiger partial charge < -0.3 is 5.11 Å². The summed E-state index contributed by atoms with van der Waals surface area (Å²) < 4.78 is 0. The quantitative estimate of drug-likeness (QED) is 0.851. The van der Waals surface area contributed by atoms with Gasteiger partial charge in [-0.05, 0) is 54.5 Å². The van der Waals surface area contributed by atoms with E-state index in [0.717, 1.165) is 36.8 Å². The fourth-order valence-corrected chi connectivity index (χ4v) is 2.77. The first-order chi connectivity index (χ1) is 10.1. The van der Waals surface area contributed by atoms with Gasteiger partial charge in [0.05, 0.1) is 5.56 Å². The zero-order valence-electron chi connectivity index (χ0n) is 12.7. The Morgan fingerprint density at radius 2 is 1.48 bits per heavy atom. The van der Waals surface area contributed by atoms with Crippen LogP contribution in [0.3, 0.4) is 0 Å². The fraction of sp³-hybridized carbons (Fsp3) is 0.316. The van der Waals surface area contributed by atoms with Gasteiger partial charge in [0.15, 0.2) is 0 Å². The van der Waals surface area contributed by atoms with Crippen molar-refractivity contribution in [1.82, 2.24) is 0 Å². The van der Waals surface area contributed by atoms with E-state index in [0.29, 0.717) is 5.56 Å². The van der Waals surface area contributed by atoms with E-state index in [1.165, 1.54) is 11.1 Å². The Hall–Kier alpha value is -2.09. The van der Waals surface area contributed by atoms with Crippen molar-refractivity contribution in [1.29, 1.82) is 0 Å². The van der Waals surface area contributed by atoms with Crippen LogP contribution in [-0.2, 0) is 19.3 Å². The molecule has 2 aromatic rings. The second kappa shape index (κ2) is 7.07. The van der Waals surface area contributed by atoms with E-state index in [1.807, 2.05) is 19.1 Å². The SMILES string of the molecule is CCCc1ccccc1CCc1cccc(C(=O)O)c1C. The van der Waals surface area contributed by atoms with Gasteiger partial charge in [0.2, 0.25) is 0 Å². The van der Waals surface area contributed by atoms with Crippen LogP contribution in [0.15, 0.2) is 42.5 Å². The third-order valence-electron chi connectivity index (χ3n) is 3.98. The molecule has 0 aliphatic heterocycles. The molecule has 0 spiro atoms. The van der Waals surface area contributed by atoms with Crippen molar-refractivity contribution in [3.8, 4) is 0 Å². The minimum Gasteiger partial charge on any atom is -0.478 e. The number of hydrogen-bond acceptors (Lipinski definition) is 1. The van der Waals surface area contributed by atoms with Crippen LogP contribution < -0.4 is 0 Å². The molecule has 2 nitrogen and oxygen atoms in total. The van der Waals surface area contributed by atoms with Crippen LogP contribution in [0.25, 0.3) is 0 Å². The number of carboxylic acids is 1. The summed E-state index contributed by atoms with van der Waals surface area (Å²) in [7, 11) is 0. The van der Waals surface area contributed by atoms with Gasteiger partial charge in [-0.25, -0.2) is 4.79 Å². The van der Waals surface area contributed by atoms with Crippen LogP contribution in [0.4, 0.5) is 0 Å². The molecule has 2 heteroatoms. The molecule has 0 atom stereocenters. The van der Waals surface area contributed by atoms with E-state index < -0.39 is 5.97 Å². The van der Waals surface area contributed by atoms with Gasteiger partial charge in [0, 0.05) is 0 Å². The molecule has 0 heterocycles. The smallest absolute Gasteiger partial charge is 0.335 e. The van der Waals surface area contributed by atoms with Crippen LogP contribution in [0.2, 0.25) is 0 Å². The Labute approximate surface area is 126 Å². The Balaban J connectivity index is 2.17. The van der Waals surface area contributed by atoms with E-state index in [1.54, 1.807) is 6.07 Å². The van der Waals surface area contributed by atoms with Gasteiger partial charge >= 0.3 is 5.97 Å². The molecule has 0 bridgehead atoms. The first-order valence-corrected chi connectivity index (χ1v) is 7.52. The highest BCUT2D eigenvalue weighted by Crippen LogP contribution is 2.18. The number of benzene rings is 2. The van der Waals surface area contributed by atoms with E-state index in [2.05, 4.69) is 31.2 Å². The van der Waals surface area contributed by atoms with Crippen molar-refractivity contribution >= 4 is 5.97 Å². The van der Waals surface area contributed by atoms with Crippen molar-refractivity contribution in [3.05, 3.63) is 70.3 Å². The topological polar surface area (TPSA) is 37.3 Å². The summed E-state index contributed by atoms with van der Waals surface area (Å²) in [5.41, 5.74) is 5.21. The highest BCUT2D eigenvalue weighted by atomic mass is 16.4. The second-order valence-corrected chi connectivity index (χ2v) is 5.41. The Morgan fingerprint density at radius 3 is 2.10 bits per heavy atom. The predicted molar refractivity (Wildman–Crippen MR) is 86.0 cm³/mol.